The molecule has 5 nitrogen and oxygen atoms in total. The minimum atomic E-state index is -0.517. The number of nitrogens with zero attached hydrogens (tertiary/aromatic N) is 2. The Kier molecular flexibility index (Phi) is 3.91. The van der Waals surface area contributed by atoms with Gasteiger partial charge in [0, 0.05) is 28.4 Å². The molecule has 0 heterocycles. The van der Waals surface area contributed by atoms with E-state index in [1.54, 1.807) is 12.1 Å². The van der Waals surface area contributed by atoms with E-state index in [4.69, 9.17) is 0 Å². The van der Waals surface area contributed by atoms with E-state index in [9.17, 15) is 15.2 Å². The van der Waals surface area contributed by atoms with Crippen molar-refractivity contribution in [2.75, 3.05) is 0 Å². The summed E-state index contributed by atoms with van der Waals surface area (Å²) >= 11 is 3.31. The van der Waals surface area contributed by atoms with Crippen molar-refractivity contribution in [3.05, 3.63) is 62.6 Å². The molecule has 0 saturated heterocycles. The predicted molar refractivity (Wildman–Crippen MR) is 76.2 cm³/mol. The van der Waals surface area contributed by atoms with Gasteiger partial charge in [0.05, 0.1) is 10.6 Å². The number of benzene rings is 2. The van der Waals surface area contributed by atoms with E-state index in [-0.39, 0.29) is 11.4 Å². The van der Waals surface area contributed by atoms with Crippen LogP contribution < -0.4 is 0 Å². The topological polar surface area (TPSA) is 75.7 Å². The Hall–Kier alpha value is -2.21. The number of non-ortho nitro benzene ring substituents is 1. The molecule has 2 aromatic carbocycles. The third-order valence-electron chi connectivity index (χ3n) is 2.40. The second-order valence-electron chi connectivity index (χ2n) is 3.73. The molecule has 0 aliphatic carbocycles. The van der Waals surface area contributed by atoms with Crippen LogP contribution in [0, 0.1) is 10.1 Å². The lowest BCUT2D eigenvalue weighted by Gasteiger charge is -1.99. The smallest absolute Gasteiger partial charge is 0.270 e. The number of phenols is 1. The molecular weight excluding hydrogens is 312 g/mol. The third kappa shape index (κ3) is 3.38. The van der Waals surface area contributed by atoms with E-state index in [2.05, 4.69) is 20.9 Å². The molecule has 0 aromatic heterocycles. The second kappa shape index (κ2) is 5.62. The highest BCUT2D eigenvalue weighted by atomic mass is 79.9. The first-order chi connectivity index (χ1) is 9.06. The summed E-state index contributed by atoms with van der Waals surface area (Å²) in [6.07, 6.45) is 1.39. The van der Waals surface area contributed by atoms with Gasteiger partial charge in [-0.15, -0.1) is 0 Å². The highest BCUT2D eigenvalue weighted by molar-refractivity contribution is 9.10. The van der Waals surface area contributed by atoms with E-state index in [1.165, 1.54) is 24.4 Å². The van der Waals surface area contributed by atoms with Gasteiger partial charge in [-0.2, -0.15) is 0 Å². The van der Waals surface area contributed by atoms with Crippen molar-refractivity contribution in [2.45, 2.75) is 0 Å². The summed E-state index contributed by atoms with van der Waals surface area (Å²) in [5.74, 6) is -0.0496. The van der Waals surface area contributed by atoms with E-state index >= 15 is 0 Å². The summed E-state index contributed by atoms with van der Waals surface area (Å²) in [5.41, 5.74) is 0.904. The SMILES string of the molecule is O=[N+]([O-])c1ccc(O)c(C=Nc2ccc(Br)cc2)c1. The molecule has 0 amide bonds. The zero-order valence-electron chi connectivity index (χ0n) is 9.65. The van der Waals surface area contributed by atoms with Crippen LogP contribution in [0.2, 0.25) is 0 Å². The van der Waals surface area contributed by atoms with Crippen molar-refractivity contribution < 1.29 is 10.0 Å². The molecule has 2 rings (SSSR count). The first kappa shape index (κ1) is 13.2. The van der Waals surface area contributed by atoms with E-state index in [1.807, 2.05) is 12.1 Å². The molecule has 2 aromatic rings. The molecule has 0 aliphatic heterocycles. The van der Waals surface area contributed by atoms with Crippen LogP contribution in [0.5, 0.6) is 5.75 Å². The molecule has 0 saturated carbocycles. The summed E-state index contributed by atoms with van der Waals surface area (Å²) in [7, 11) is 0. The molecule has 6 heteroatoms. The monoisotopic (exact) mass is 320 g/mol. The summed E-state index contributed by atoms with van der Waals surface area (Å²) in [6, 6.07) is 11.0. The van der Waals surface area contributed by atoms with Crippen molar-refractivity contribution in [3.8, 4) is 5.75 Å². The Labute approximate surface area is 117 Å². The van der Waals surface area contributed by atoms with Crippen molar-refractivity contribution in [1.82, 2.24) is 0 Å². The average molecular weight is 321 g/mol. The summed E-state index contributed by atoms with van der Waals surface area (Å²) < 4.78 is 0.935. The number of aliphatic imine (C=N–C) groups is 1. The van der Waals surface area contributed by atoms with Crippen LogP contribution in [0.15, 0.2) is 51.9 Å². The molecular formula is C13H9BrN2O3. The lowest BCUT2D eigenvalue weighted by molar-refractivity contribution is -0.384. The molecule has 0 unspecified atom stereocenters. The largest absolute Gasteiger partial charge is 0.507 e. The fourth-order valence-corrected chi connectivity index (χ4v) is 1.69. The maximum absolute atomic E-state index is 10.7. The number of nitro groups is 1. The standard InChI is InChI=1S/C13H9BrN2O3/c14-10-1-3-11(4-2-10)15-8-9-7-12(16(18)19)5-6-13(9)17/h1-8,17H. The molecule has 0 fully saturated rings. The Morgan fingerprint density at radius 2 is 1.89 bits per heavy atom. The van der Waals surface area contributed by atoms with Gasteiger partial charge in [0.25, 0.3) is 5.69 Å². The molecule has 19 heavy (non-hydrogen) atoms. The van der Waals surface area contributed by atoms with Crippen LogP contribution in [0.3, 0.4) is 0 Å². The van der Waals surface area contributed by atoms with E-state index in [0.717, 1.165) is 4.47 Å². The molecule has 0 radical (unpaired) electrons. The fourth-order valence-electron chi connectivity index (χ4n) is 1.43. The van der Waals surface area contributed by atoms with Crippen LogP contribution >= 0.6 is 15.9 Å². The minimum Gasteiger partial charge on any atom is -0.507 e. The van der Waals surface area contributed by atoms with Gasteiger partial charge in [0.2, 0.25) is 0 Å². The van der Waals surface area contributed by atoms with Crippen LogP contribution in [0.25, 0.3) is 0 Å². The molecule has 96 valence electrons. The lowest BCUT2D eigenvalue weighted by atomic mass is 10.2. The Bertz CT molecular complexity index is 639. The average Bonchev–Trinajstić information content (AvgIpc) is 2.39. The van der Waals surface area contributed by atoms with Gasteiger partial charge in [-0.3, -0.25) is 15.1 Å². The quantitative estimate of drug-likeness (QED) is 0.530. The third-order valence-corrected chi connectivity index (χ3v) is 2.93. The normalized spacial score (nSPS) is 10.8. The first-order valence-corrected chi connectivity index (χ1v) is 6.12. The zero-order valence-corrected chi connectivity index (χ0v) is 11.2. The fraction of sp³-hybridized carbons (Fsp3) is 0. The molecule has 0 spiro atoms. The van der Waals surface area contributed by atoms with Crippen LogP contribution in [0.4, 0.5) is 11.4 Å². The predicted octanol–water partition coefficient (Wildman–Crippen LogP) is 3.81. The first-order valence-electron chi connectivity index (χ1n) is 5.33. The van der Waals surface area contributed by atoms with E-state index < -0.39 is 4.92 Å². The van der Waals surface area contributed by atoms with Crippen LogP contribution in [0.1, 0.15) is 5.56 Å². The van der Waals surface area contributed by atoms with Gasteiger partial charge in [-0.25, -0.2) is 0 Å². The molecule has 0 bridgehead atoms. The highest BCUT2D eigenvalue weighted by Gasteiger charge is 2.08. The minimum absolute atomic E-state index is 0.0496. The van der Waals surface area contributed by atoms with Crippen molar-refractivity contribution in [3.63, 3.8) is 0 Å². The molecule has 0 aliphatic rings. The van der Waals surface area contributed by atoms with Crippen LogP contribution in [-0.4, -0.2) is 16.2 Å². The van der Waals surface area contributed by atoms with Gasteiger partial charge in [-0.1, -0.05) is 15.9 Å². The number of rotatable bonds is 3. The van der Waals surface area contributed by atoms with Gasteiger partial charge in [0.1, 0.15) is 5.75 Å². The maximum Gasteiger partial charge on any atom is 0.270 e. The molecule has 1 N–H and O–H groups in total. The summed E-state index contributed by atoms with van der Waals surface area (Å²) in [5, 5.41) is 20.3. The Morgan fingerprint density at radius 1 is 1.21 bits per heavy atom. The van der Waals surface area contributed by atoms with Crippen LogP contribution in [-0.2, 0) is 0 Å². The number of nitro benzene ring substituents is 1. The number of hydrogen-bond acceptors (Lipinski definition) is 4. The van der Waals surface area contributed by atoms with Crippen molar-refractivity contribution >= 4 is 33.5 Å². The van der Waals surface area contributed by atoms with Gasteiger partial charge in [-0.05, 0) is 30.3 Å². The molecule has 0 atom stereocenters. The van der Waals surface area contributed by atoms with Gasteiger partial charge in [0.15, 0.2) is 0 Å². The van der Waals surface area contributed by atoms with Gasteiger partial charge >= 0.3 is 0 Å². The number of phenolic OH excluding ortho intramolecular Hbond substituents is 1. The Balaban J connectivity index is 2.29. The highest BCUT2D eigenvalue weighted by Crippen LogP contribution is 2.22. The number of hydrogen-bond donors (Lipinski definition) is 1. The van der Waals surface area contributed by atoms with Gasteiger partial charge < -0.3 is 5.11 Å². The number of halogens is 1. The summed E-state index contributed by atoms with van der Waals surface area (Å²) in [6.45, 7) is 0. The Morgan fingerprint density at radius 3 is 2.53 bits per heavy atom. The lowest BCUT2D eigenvalue weighted by Crippen LogP contribution is -1.90. The van der Waals surface area contributed by atoms with Crippen molar-refractivity contribution in [2.24, 2.45) is 4.99 Å². The number of aromatic hydroxyl groups is 1. The van der Waals surface area contributed by atoms with E-state index in [0.29, 0.717) is 11.3 Å². The maximum atomic E-state index is 10.7. The zero-order chi connectivity index (χ0) is 13.8. The van der Waals surface area contributed by atoms with Crippen molar-refractivity contribution in [1.29, 1.82) is 0 Å². The summed E-state index contributed by atoms with van der Waals surface area (Å²) in [4.78, 5) is 14.3. The second-order valence-corrected chi connectivity index (χ2v) is 4.65.